The van der Waals surface area contributed by atoms with E-state index in [1.807, 2.05) is 48.5 Å². The second kappa shape index (κ2) is 13.3. The van der Waals surface area contributed by atoms with E-state index in [1.165, 1.54) is 12.1 Å². The van der Waals surface area contributed by atoms with Gasteiger partial charge < -0.3 is 25.3 Å². The molecule has 0 bridgehead atoms. The predicted molar refractivity (Wildman–Crippen MR) is 175 cm³/mol. The van der Waals surface area contributed by atoms with Crippen LogP contribution in [0.2, 0.25) is 0 Å². The summed E-state index contributed by atoms with van der Waals surface area (Å²) in [4.78, 5) is 38.6. The minimum atomic E-state index is -0.976. The lowest BCUT2D eigenvalue weighted by molar-refractivity contribution is -0.120. The van der Waals surface area contributed by atoms with Crippen LogP contribution in [0, 0.1) is 5.92 Å². The molecule has 1 aliphatic carbocycles. The van der Waals surface area contributed by atoms with Gasteiger partial charge in [-0.25, -0.2) is 4.79 Å². The van der Waals surface area contributed by atoms with Gasteiger partial charge in [0.25, 0.3) is 5.91 Å². The van der Waals surface area contributed by atoms with Crippen molar-refractivity contribution in [3.63, 3.8) is 0 Å². The smallest absolute Gasteiger partial charge is 0.321 e. The lowest BCUT2D eigenvalue weighted by atomic mass is 9.83. The molecule has 3 aromatic carbocycles. The molecule has 1 saturated heterocycles. The van der Waals surface area contributed by atoms with E-state index in [0.29, 0.717) is 18.2 Å². The number of carbonyl (C=O) groups is 2. The Morgan fingerprint density at radius 1 is 0.814 bits per heavy atom. The first-order valence-corrected chi connectivity index (χ1v) is 15.8. The number of carbonyl (C=O) groups excluding carboxylic acids is 2. The van der Waals surface area contributed by atoms with Gasteiger partial charge in [0, 0.05) is 61.3 Å². The van der Waals surface area contributed by atoms with Gasteiger partial charge >= 0.3 is 6.03 Å². The quantitative estimate of drug-likeness (QED) is 0.346. The first-order valence-electron chi connectivity index (χ1n) is 15.8. The van der Waals surface area contributed by atoms with E-state index in [-0.39, 0.29) is 5.91 Å². The number of benzodiazepines with no additional fused rings is 1. The minimum absolute atomic E-state index is 0.194. The normalized spacial score (nSPS) is 19.4. The van der Waals surface area contributed by atoms with Gasteiger partial charge in [-0.2, -0.15) is 0 Å². The van der Waals surface area contributed by atoms with Crippen LogP contribution in [0.5, 0.6) is 0 Å². The molecular weight excluding hydrogens is 536 g/mol. The van der Waals surface area contributed by atoms with Crippen molar-refractivity contribution >= 4 is 40.4 Å². The van der Waals surface area contributed by atoms with Gasteiger partial charge in [-0.15, -0.1) is 0 Å². The van der Waals surface area contributed by atoms with Crippen LogP contribution >= 0.6 is 0 Å². The van der Waals surface area contributed by atoms with Crippen molar-refractivity contribution < 1.29 is 9.59 Å². The molecule has 8 heteroatoms. The molecule has 0 spiro atoms. The monoisotopic (exact) mass is 578 g/mol. The highest BCUT2D eigenvalue weighted by atomic mass is 16.2. The van der Waals surface area contributed by atoms with Crippen molar-refractivity contribution in [3.8, 4) is 0 Å². The number of aliphatic imine (C=N–C) groups is 1. The lowest BCUT2D eigenvalue weighted by Gasteiger charge is -2.37. The zero-order chi connectivity index (χ0) is 29.6. The molecule has 3 aliphatic rings. The maximum Gasteiger partial charge on any atom is 0.321 e. The van der Waals surface area contributed by atoms with Crippen LogP contribution < -0.4 is 25.3 Å². The Morgan fingerprint density at radius 3 is 2.12 bits per heavy atom. The third kappa shape index (κ3) is 6.53. The number of anilines is 4. The van der Waals surface area contributed by atoms with Crippen LogP contribution in [0.4, 0.5) is 27.5 Å². The first kappa shape index (κ1) is 28.8. The number of amides is 3. The van der Waals surface area contributed by atoms with Crippen molar-refractivity contribution in [1.82, 2.24) is 5.32 Å². The van der Waals surface area contributed by atoms with Crippen molar-refractivity contribution in [2.24, 2.45) is 10.9 Å². The average molecular weight is 579 g/mol. The third-order valence-electron chi connectivity index (χ3n) is 8.84. The van der Waals surface area contributed by atoms with E-state index < -0.39 is 12.2 Å². The maximum atomic E-state index is 13.8. The standard InChI is InChI=1S/C35H42N6O2/c1-2-21-41-31-16-10-9-15-30(31)32(26-11-5-3-6-12-26)37-33(34(41)42)38-35(43)36-27-17-19-29(20-18-27)40-24-22-39(23-25-40)28-13-7-4-8-14-28/h4,7-10,13-20,26,33H,2-3,5-6,11-12,21-25H2,1H3,(H2,36,38,43). The summed E-state index contributed by atoms with van der Waals surface area (Å²) in [6, 6.07) is 26.1. The Balaban J connectivity index is 1.13. The van der Waals surface area contributed by atoms with Crippen LogP contribution in [0.3, 0.4) is 0 Å². The molecule has 3 aromatic rings. The summed E-state index contributed by atoms with van der Waals surface area (Å²) in [5.41, 5.74) is 5.92. The summed E-state index contributed by atoms with van der Waals surface area (Å²) in [7, 11) is 0. The number of piperazine rings is 1. The summed E-state index contributed by atoms with van der Waals surface area (Å²) in [6.45, 7) is 6.43. The Kier molecular flexibility index (Phi) is 8.91. The largest absolute Gasteiger partial charge is 0.368 e. The minimum Gasteiger partial charge on any atom is -0.368 e. The second-order valence-corrected chi connectivity index (χ2v) is 11.7. The number of urea groups is 1. The number of benzene rings is 3. The fourth-order valence-electron chi connectivity index (χ4n) is 6.61. The molecule has 0 aromatic heterocycles. The fourth-order valence-corrected chi connectivity index (χ4v) is 6.61. The van der Waals surface area contributed by atoms with E-state index in [4.69, 9.17) is 4.99 Å². The summed E-state index contributed by atoms with van der Waals surface area (Å²) in [6.07, 6.45) is 5.51. The zero-order valence-electron chi connectivity index (χ0n) is 25.0. The molecule has 0 radical (unpaired) electrons. The first-order chi connectivity index (χ1) is 21.1. The molecule has 2 heterocycles. The van der Waals surface area contributed by atoms with Crippen molar-refractivity contribution in [2.75, 3.05) is 52.7 Å². The summed E-state index contributed by atoms with van der Waals surface area (Å²) < 4.78 is 0. The summed E-state index contributed by atoms with van der Waals surface area (Å²) in [5.74, 6) is 0.0963. The number of rotatable bonds is 7. The molecule has 43 heavy (non-hydrogen) atoms. The number of nitrogens with zero attached hydrogens (tertiary/aromatic N) is 4. The summed E-state index contributed by atoms with van der Waals surface area (Å²) in [5, 5.41) is 5.84. The molecule has 1 unspecified atom stereocenters. The van der Waals surface area contributed by atoms with Crippen LogP contribution in [0.15, 0.2) is 83.9 Å². The van der Waals surface area contributed by atoms with E-state index in [9.17, 15) is 9.59 Å². The molecule has 1 atom stereocenters. The Hall–Kier alpha value is -4.33. The highest BCUT2D eigenvalue weighted by molar-refractivity contribution is 6.14. The third-order valence-corrected chi connectivity index (χ3v) is 8.84. The van der Waals surface area contributed by atoms with Gasteiger partial charge in [-0.05, 0) is 61.7 Å². The highest BCUT2D eigenvalue weighted by Gasteiger charge is 2.34. The molecule has 6 rings (SSSR count). The predicted octanol–water partition coefficient (Wildman–Crippen LogP) is 6.29. The van der Waals surface area contributed by atoms with Gasteiger partial charge in [-0.1, -0.05) is 62.6 Å². The van der Waals surface area contributed by atoms with Gasteiger partial charge in [0.1, 0.15) is 0 Å². The van der Waals surface area contributed by atoms with Gasteiger partial charge in [0.2, 0.25) is 6.17 Å². The van der Waals surface area contributed by atoms with Crippen molar-refractivity contribution in [3.05, 3.63) is 84.4 Å². The maximum absolute atomic E-state index is 13.8. The number of para-hydroxylation sites is 2. The van der Waals surface area contributed by atoms with Gasteiger partial charge in [-0.3, -0.25) is 9.79 Å². The average Bonchev–Trinajstić information content (AvgIpc) is 3.17. The number of fused-ring (bicyclic) bond motifs is 1. The Morgan fingerprint density at radius 2 is 1.44 bits per heavy atom. The molecule has 224 valence electrons. The Labute approximate surface area is 254 Å². The number of hydrogen-bond acceptors (Lipinski definition) is 5. The molecule has 1 saturated carbocycles. The molecular formula is C35H42N6O2. The molecule has 3 amide bonds. The number of nitrogens with one attached hydrogen (secondary N) is 2. The number of hydrogen-bond donors (Lipinski definition) is 2. The van der Waals surface area contributed by atoms with Crippen LogP contribution in [0.1, 0.15) is 51.0 Å². The van der Waals surface area contributed by atoms with E-state index in [2.05, 4.69) is 57.7 Å². The fraction of sp³-hybridized carbons (Fsp3) is 0.400. The highest BCUT2D eigenvalue weighted by Crippen LogP contribution is 2.34. The van der Waals surface area contributed by atoms with Gasteiger partial charge in [0.15, 0.2) is 0 Å². The lowest BCUT2D eigenvalue weighted by Crippen LogP contribution is -2.49. The van der Waals surface area contributed by atoms with Crippen molar-refractivity contribution in [1.29, 1.82) is 0 Å². The Bertz CT molecular complexity index is 1430. The van der Waals surface area contributed by atoms with Crippen LogP contribution in [0.25, 0.3) is 0 Å². The second-order valence-electron chi connectivity index (χ2n) is 11.7. The molecule has 2 aliphatic heterocycles. The SMILES string of the molecule is CCCN1C(=O)C(NC(=O)Nc2ccc(N3CCN(c4ccccc4)CC3)cc2)N=C(C2CCCCC2)c2ccccc21. The van der Waals surface area contributed by atoms with E-state index in [1.54, 1.807) is 4.90 Å². The zero-order valence-corrected chi connectivity index (χ0v) is 25.0. The van der Waals surface area contributed by atoms with E-state index in [0.717, 1.165) is 80.9 Å². The van der Waals surface area contributed by atoms with Crippen LogP contribution in [-0.4, -0.2) is 56.5 Å². The van der Waals surface area contributed by atoms with Crippen molar-refractivity contribution in [2.45, 2.75) is 51.6 Å². The molecule has 8 nitrogen and oxygen atoms in total. The summed E-state index contributed by atoms with van der Waals surface area (Å²) >= 11 is 0. The molecule has 2 N–H and O–H groups in total. The van der Waals surface area contributed by atoms with Crippen LogP contribution in [-0.2, 0) is 4.79 Å². The topological polar surface area (TPSA) is 80.3 Å². The molecule has 2 fully saturated rings. The van der Waals surface area contributed by atoms with Gasteiger partial charge in [0.05, 0.1) is 11.4 Å². The van der Waals surface area contributed by atoms with E-state index >= 15 is 0 Å².